The van der Waals surface area contributed by atoms with E-state index in [1.165, 1.54) is 0 Å². The number of pyridine rings is 1. The first-order chi connectivity index (χ1) is 11.8. The molecule has 0 aliphatic carbocycles. The lowest BCUT2D eigenvalue weighted by atomic mass is 10.1. The molecule has 4 rings (SSSR count). The molecule has 1 N–H and O–H groups in total. The van der Waals surface area contributed by atoms with E-state index in [-0.39, 0.29) is 5.75 Å². The SMILES string of the molecule is Oc1c(-c2ccccc2)c2ccccn2c1N=Nc1ccccc1. The van der Waals surface area contributed by atoms with Crippen LogP contribution in [0.25, 0.3) is 16.6 Å². The topological polar surface area (TPSA) is 49.4 Å². The maximum atomic E-state index is 10.8. The molecule has 0 aliphatic heterocycles. The van der Waals surface area contributed by atoms with Crippen molar-refractivity contribution in [1.82, 2.24) is 4.40 Å². The summed E-state index contributed by atoms with van der Waals surface area (Å²) in [6.07, 6.45) is 1.88. The van der Waals surface area contributed by atoms with Gasteiger partial charge in [0.25, 0.3) is 0 Å². The number of benzene rings is 2. The first kappa shape index (κ1) is 14.2. The quantitative estimate of drug-likeness (QED) is 0.483. The normalized spacial score (nSPS) is 11.3. The van der Waals surface area contributed by atoms with E-state index < -0.39 is 0 Å². The van der Waals surface area contributed by atoms with Crippen LogP contribution in [-0.2, 0) is 0 Å². The summed E-state index contributed by atoms with van der Waals surface area (Å²) in [5, 5.41) is 19.3. The van der Waals surface area contributed by atoms with Crippen LogP contribution in [0.2, 0.25) is 0 Å². The van der Waals surface area contributed by atoms with Gasteiger partial charge in [0.1, 0.15) is 0 Å². The van der Waals surface area contributed by atoms with Crippen LogP contribution in [0, 0.1) is 0 Å². The minimum absolute atomic E-state index is 0.132. The molecule has 0 aliphatic rings. The van der Waals surface area contributed by atoms with Crippen molar-refractivity contribution in [3.63, 3.8) is 0 Å². The average Bonchev–Trinajstić information content (AvgIpc) is 2.93. The smallest absolute Gasteiger partial charge is 0.202 e. The Hall–Kier alpha value is -3.40. The Kier molecular flexibility index (Phi) is 3.56. The highest BCUT2D eigenvalue weighted by atomic mass is 16.3. The summed E-state index contributed by atoms with van der Waals surface area (Å²) in [7, 11) is 0. The largest absolute Gasteiger partial charge is 0.504 e. The maximum Gasteiger partial charge on any atom is 0.202 e. The van der Waals surface area contributed by atoms with Crippen LogP contribution in [0.15, 0.2) is 95.3 Å². The Balaban J connectivity index is 1.91. The first-order valence-corrected chi connectivity index (χ1v) is 7.69. The molecule has 0 fully saturated rings. The third kappa shape index (κ3) is 2.44. The molecule has 4 nitrogen and oxygen atoms in total. The van der Waals surface area contributed by atoms with Gasteiger partial charge in [-0.05, 0) is 29.8 Å². The molecule has 24 heavy (non-hydrogen) atoms. The molecule has 0 unspecified atom stereocenters. The van der Waals surface area contributed by atoms with E-state index in [1.807, 2.05) is 89.5 Å². The van der Waals surface area contributed by atoms with E-state index in [0.29, 0.717) is 5.82 Å². The number of hydrogen-bond acceptors (Lipinski definition) is 3. The standard InChI is InChI=1S/C20H15N3O/c24-19-18(15-9-3-1-4-10-15)17-13-7-8-14-23(17)20(19)22-21-16-11-5-2-6-12-16/h1-14,24H. The van der Waals surface area contributed by atoms with E-state index >= 15 is 0 Å². The van der Waals surface area contributed by atoms with Crippen LogP contribution in [-0.4, -0.2) is 9.51 Å². The van der Waals surface area contributed by atoms with Crippen LogP contribution < -0.4 is 0 Å². The Bertz CT molecular complexity index is 1010. The molecule has 0 bridgehead atoms. The van der Waals surface area contributed by atoms with Gasteiger partial charge in [0.05, 0.1) is 16.8 Å². The Morgan fingerprint density at radius 3 is 2.12 bits per heavy atom. The maximum absolute atomic E-state index is 10.8. The predicted octanol–water partition coefficient (Wildman–Crippen LogP) is 5.73. The Morgan fingerprint density at radius 1 is 0.708 bits per heavy atom. The Morgan fingerprint density at radius 2 is 1.38 bits per heavy atom. The summed E-state index contributed by atoms with van der Waals surface area (Å²) in [6.45, 7) is 0. The number of hydrogen-bond donors (Lipinski definition) is 1. The number of aromatic hydroxyl groups is 1. The summed E-state index contributed by atoms with van der Waals surface area (Å²) in [4.78, 5) is 0. The van der Waals surface area contributed by atoms with E-state index in [4.69, 9.17) is 0 Å². The predicted molar refractivity (Wildman–Crippen MR) is 95.1 cm³/mol. The highest BCUT2D eigenvalue weighted by Gasteiger charge is 2.18. The van der Waals surface area contributed by atoms with Gasteiger partial charge < -0.3 is 5.11 Å². The zero-order valence-electron chi connectivity index (χ0n) is 12.9. The molecular weight excluding hydrogens is 298 g/mol. The molecule has 2 heterocycles. The lowest BCUT2D eigenvalue weighted by Crippen LogP contribution is -1.81. The van der Waals surface area contributed by atoms with Crippen molar-refractivity contribution in [1.29, 1.82) is 0 Å². The van der Waals surface area contributed by atoms with E-state index in [2.05, 4.69) is 10.2 Å². The first-order valence-electron chi connectivity index (χ1n) is 7.69. The minimum atomic E-state index is 0.132. The number of nitrogens with zero attached hydrogens (tertiary/aromatic N) is 3. The van der Waals surface area contributed by atoms with Crippen molar-refractivity contribution in [2.75, 3.05) is 0 Å². The molecule has 0 radical (unpaired) electrons. The summed E-state index contributed by atoms with van der Waals surface area (Å²) in [5.41, 5.74) is 3.34. The second-order valence-corrected chi connectivity index (χ2v) is 5.40. The lowest BCUT2D eigenvalue weighted by Gasteiger charge is -2.00. The summed E-state index contributed by atoms with van der Waals surface area (Å²) in [6, 6.07) is 25.1. The Labute approximate surface area is 139 Å². The number of azo groups is 1. The van der Waals surface area contributed by atoms with Crippen LogP contribution in [0.5, 0.6) is 5.75 Å². The summed E-state index contributed by atoms with van der Waals surface area (Å²) < 4.78 is 1.85. The monoisotopic (exact) mass is 313 g/mol. The molecule has 0 saturated carbocycles. The number of aromatic nitrogens is 1. The van der Waals surface area contributed by atoms with Crippen LogP contribution in [0.1, 0.15) is 0 Å². The molecule has 2 aromatic carbocycles. The van der Waals surface area contributed by atoms with E-state index in [1.54, 1.807) is 0 Å². The van der Waals surface area contributed by atoms with Crippen LogP contribution in [0.3, 0.4) is 0 Å². The van der Waals surface area contributed by atoms with E-state index in [9.17, 15) is 5.11 Å². The molecule has 2 aromatic heterocycles. The van der Waals surface area contributed by atoms with Crippen molar-refractivity contribution in [2.45, 2.75) is 0 Å². The second-order valence-electron chi connectivity index (χ2n) is 5.40. The van der Waals surface area contributed by atoms with Gasteiger partial charge in [0.15, 0.2) is 5.75 Å². The van der Waals surface area contributed by atoms with Gasteiger partial charge in [0, 0.05) is 6.20 Å². The fraction of sp³-hybridized carbons (Fsp3) is 0. The number of fused-ring (bicyclic) bond motifs is 1. The summed E-state index contributed by atoms with van der Waals surface area (Å²) in [5.74, 6) is 0.556. The average molecular weight is 313 g/mol. The molecule has 4 heteroatoms. The molecule has 0 atom stereocenters. The van der Waals surface area contributed by atoms with Crippen molar-refractivity contribution >= 4 is 17.0 Å². The third-order valence-electron chi connectivity index (χ3n) is 3.87. The lowest BCUT2D eigenvalue weighted by molar-refractivity contribution is 0.478. The van der Waals surface area contributed by atoms with Crippen molar-refractivity contribution in [3.05, 3.63) is 85.1 Å². The van der Waals surface area contributed by atoms with E-state index in [0.717, 1.165) is 22.3 Å². The van der Waals surface area contributed by atoms with Gasteiger partial charge in [-0.3, -0.25) is 4.40 Å². The van der Waals surface area contributed by atoms with Gasteiger partial charge in [-0.25, -0.2) is 0 Å². The minimum Gasteiger partial charge on any atom is -0.504 e. The number of rotatable bonds is 3. The van der Waals surface area contributed by atoms with Gasteiger partial charge in [0.2, 0.25) is 5.82 Å². The zero-order valence-corrected chi connectivity index (χ0v) is 12.9. The van der Waals surface area contributed by atoms with Gasteiger partial charge in [-0.2, -0.15) is 0 Å². The van der Waals surface area contributed by atoms with Crippen molar-refractivity contribution in [2.24, 2.45) is 10.2 Å². The van der Waals surface area contributed by atoms with Gasteiger partial charge in [-0.15, -0.1) is 10.2 Å². The highest BCUT2D eigenvalue weighted by molar-refractivity contribution is 5.91. The van der Waals surface area contributed by atoms with Crippen molar-refractivity contribution in [3.8, 4) is 16.9 Å². The molecule has 0 amide bonds. The molecule has 4 aromatic rings. The third-order valence-corrected chi connectivity index (χ3v) is 3.87. The summed E-state index contributed by atoms with van der Waals surface area (Å²) >= 11 is 0. The molecular formula is C20H15N3O. The second kappa shape index (κ2) is 6.01. The van der Waals surface area contributed by atoms with Gasteiger partial charge in [-0.1, -0.05) is 54.6 Å². The van der Waals surface area contributed by atoms with Crippen molar-refractivity contribution < 1.29 is 5.11 Å². The van der Waals surface area contributed by atoms with Gasteiger partial charge >= 0.3 is 0 Å². The fourth-order valence-corrected chi connectivity index (χ4v) is 2.76. The van der Waals surface area contributed by atoms with Crippen LogP contribution >= 0.6 is 0 Å². The van der Waals surface area contributed by atoms with Crippen LogP contribution in [0.4, 0.5) is 11.5 Å². The molecule has 0 saturated heterocycles. The highest BCUT2D eigenvalue weighted by Crippen LogP contribution is 2.43. The molecule has 116 valence electrons. The zero-order chi connectivity index (χ0) is 16.4. The fourth-order valence-electron chi connectivity index (χ4n) is 2.76. The molecule has 0 spiro atoms.